The molecular weight excluding hydrogens is 336 g/mol. The number of benzene rings is 1. The number of carbonyl (C=O) groups excluding carboxylic acids is 1. The van der Waals surface area contributed by atoms with Gasteiger partial charge in [-0.25, -0.2) is 8.42 Å². The van der Waals surface area contributed by atoms with Crippen molar-refractivity contribution in [3.05, 3.63) is 29.8 Å². The van der Waals surface area contributed by atoms with Crippen molar-refractivity contribution in [2.24, 2.45) is 0 Å². The van der Waals surface area contributed by atoms with Crippen molar-refractivity contribution in [2.45, 2.75) is 60.9 Å². The van der Waals surface area contributed by atoms with Crippen LogP contribution in [0.15, 0.2) is 29.2 Å². The minimum atomic E-state index is -3.21. The highest BCUT2D eigenvalue weighted by Crippen LogP contribution is 2.45. The lowest BCUT2D eigenvalue weighted by atomic mass is 9.63. The Morgan fingerprint density at radius 3 is 2.40 bits per heavy atom. The molecule has 4 rings (SSSR count). The van der Waals surface area contributed by atoms with Gasteiger partial charge in [-0.1, -0.05) is 18.6 Å². The van der Waals surface area contributed by atoms with Crippen LogP contribution in [0.4, 0.5) is 0 Å². The van der Waals surface area contributed by atoms with E-state index in [9.17, 15) is 13.2 Å². The zero-order valence-corrected chi connectivity index (χ0v) is 15.5. The van der Waals surface area contributed by atoms with Crippen LogP contribution < -0.4 is 5.32 Å². The van der Waals surface area contributed by atoms with E-state index >= 15 is 0 Å². The van der Waals surface area contributed by atoms with Crippen molar-refractivity contribution in [1.29, 1.82) is 0 Å². The fourth-order valence-electron chi connectivity index (χ4n) is 4.61. The quantitative estimate of drug-likeness (QED) is 0.891. The molecule has 1 amide bonds. The Labute approximate surface area is 149 Å². The fourth-order valence-corrected chi connectivity index (χ4v) is 5.24. The first-order valence-corrected chi connectivity index (χ1v) is 11.1. The molecule has 2 heterocycles. The number of amides is 1. The second-order valence-corrected chi connectivity index (χ2v) is 9.93. The van der Waals surface area contributed by atoms with E-state index in [1.54, 1.807) is 12.1 Å². The molecule has 1 aromatic carbocycles. The third-order valence-corrected chi connectivity index (χ3v) is 7.39. The lowest BCUT2D eigenvalue weighted by molar-refractivity contribution is -0.141. The van der Waals surface area contributed by atoms with Crippen LogP contribution in [-0.4, -0.2) is 50.7 Å². The van der Waals surface area contributed by atoms with Crippen molar-refractivity contribution >= 4 is 15.7 Å². The lowest BCUT2D eigenvalue weighted by Gasteiger charge is -2.44. The van der Waals surface area contributed by atoms with E-state index in [0.29, 0.717) is 17.0 Å². The molecule has 25 heavy (non-hydrogen) atoms. The molecule has 2 atom stereocenters. The monoisotopic (exact) mass is 362 g/mol. The molecule has 1 aromatic rings. The summed E-state index contributed by atoms with van der Waals surface area (Å²) in [7, 11) is -3.21. The number of hydrogen-bond donors (Lipinski definition) is 1. The smallest absolute Gasteiger partial charge is 0.233 e. The third-order valence-electron chi connectivity index (χ3n) is 6.26. The predicted molar refractivity (Wildman–Crippen MR) is 96.2 cm³/mol. The van der Waals surface area contributed by atoms with E-state index in [1.807, 2.05) is 12.1 Å². The van der Waals surface area contributed by atoms with E-state index in [-0.39, 0.29) is 5.91 Å². The lowest BCUT2D eigenvalue weighted by Crippen LogP contribution is -2.53. The van der Waals surface area contributed by atoms with Crippen molar-refractivity contribution in [3.8, 4) is 0 Å². The first-order chi connectivity index (χ1) is 11.9. The van der Waals surface area contributed by atoms with Gasteiger partial charge < -0.3 is 10.2 Å². The van der Waals surface area contributed by atoms with Crippen molar-refractivity contribution in [2.75, 3.05) is 19.3 Å². The van der Waals surface area contributed by atoms with Gasteiger partial charge in [-0.3, -0.25) is 4.79 Å². The summed E-state index contributed by atoms with van der Waals surface area (Å²) in [5, 5.41) is 3.63. The van der Waals surface area contributed by atoms with Crippen LogP contribution in [0, 0.1) is 0 Å². The van der Waals surface area contributed by atoms with Crippen LogP contribution in [0.2, 0.25) is 0 Å². The molecule has 1 aliphatic carbocycles. The SMILES string of the molecule is CS(=O)(=O)c1ccc(C2(C(=O)N3CC[C@H]4CC[C@@H](C3)N4)CCC2)cc1. The second-order valence-electron chi connectivity index (χ2n) is 7.91. The van der Waals surface area contributed by atoms with Gasteiger partial charge >= 0.3 is 0 Å². The Bertz CT molecular complexity index is 768. The summed E-state index contributed by atoms with van der Waals surface area (Å²) in [6.45, 7) is 1.63. The van der Waals surface area contributed by atoms with Gasteiger partial charge in [0, 0.05) is 31.4 Å². The number of nitrogens with zero attached hydrogens (tertiary/aromatic N) is 1. The molecule has 3 aliphatic rings. The molecule has 0 aromatic heterocycles. The molecule has 0 spiro atoms. The maximum absolute atomic E-state index is 13.4. The molecule has 2 bridgehead atoms. The molecular formula is C19H26N2O3S. The van der Waals surface area contributed by atoms with Crippen molar-refractivity contribution in [3.63, 3.8) is 0 Å². The minimum Gasteiger partial charge on any atom is -0.340 e. The van der Waals surface area contributed by atoms with Crippen LogP contribution in [0.1, 0.15) is 44.1 Å². The van der Waals surface area contributed by atoms with Gasteiger partial charge in [0.1, 0.15) is 0 Å². The predicted octanol–water partition coefficient (Wildman–Crippen LogP) is 1.86. The Morgan fingerprint density at radius 1 is 1.12 bits per heavy atom. The Balaban J connectivity index is 1.59. The summed E-state index contributed by atoms with van der Waals surface area (Å²) in [6.07, 6.45) is 7.41. The van der Waals surface area contributed by atoms with Crippen LogP contribution in [0.25, 0.3) is 0 Å². The van der Waals surface area contributed by atoms with E-state index in [0.717, 1.165) is 50.8 Å². The van der Waals surface area contributed by atoms with E-state index in [2.05, 4.69) is 10.2 Å². The molecule has 2 saturated heterocycles. The minimum absolute atomic E-state index is 0.236. The van der Waals surface area contributed by atoms with Crippen molar-refractivity contribution < 1.29 is 13.2 Å². The van der Waals surface area contributed by atoms with Crippen molar-refractivity contribution in [1.82, 2.24) is 10.2 Å². The normalized spacial score (nSPS) is 28.3. The molecule has 0 radical (unpaired) electrons. The molecule has 1 N–H and O–H groups in total. The first kappa shape index (κ1) is 17.0. The van der Waals surface area contributed by atoms with Gasteiger partial charge in [0.2, 0.25) is 5.91 Å². The first-order valence-electron chi connectivity index (χ1n) is 9.24. The van der Waals surface area contributed by atoms with Crippen LogP contribution >= 0.6 is 0 Å². The number of likely N-dealkylation sites (tertiary alicyclic amines) is 1. The molecule has 1 saturated carbocycles. The zero-order valence-electron chi connectivity index (χ0n) is 14.7. The van der Waals surface area contributed by atoms with Gasteiger partial charge in [-0.2, -0.15) is 0 Å². The second kappa shape index (κ2) is 6.09. The number of hydrogen-bond acceptors (Lipinski definition) is 4. The van der Waals surface area contributed by atoms with Gasteiger partial charge in [-0.05, 0) is 49.8 Å². The standard InChI is InChI=1S/C19H26N2O3S/c1-25(23,24)17-7-3-14(4-8-17)19(10-2-11-19)18(22)21-12-9-15-5-6-16(13-21)20-15/h3-4,7-8,15-16,20H,2,5-6,9-13H2,1H3/t15-,16+/m1/s1. The van der Waals surface area contributed by atoms with E-state index in [1.165, 1.54) is 12.7 Å². The summed E-state index contributed by atoms with van der Waals surface area (Å²) in [5.74, 6) is 0.236. The van der Waals surface area contributed by atoms with Gasteiger partial charge in [0.05, 0.1) is 10.3 Å². The Hall–Kier alpha value is -1.40. The summed E-state index contributed by atoms with van der Waals surface area (Å²) in [6, 6.07) is 7.97. The summed E-state index contributed by atoms with van der Waals surface area (Å²) in [4.78, 5) is 15.8. The van der Waals surface area contributed by atoms with Crippen LogP contribution in [0.5, 0.6) is 0 Å². The van der Waals surface area contributed by atoms with E-state index < -0.39 is 15.3 Å². The molecule has 6 heteroatoms. The number of rotatable bonds is 3. The highest BCUT2D eigenvalue weighted by Gasteiger charge is 2.48. The van der Waals surface area contributed by atoms with Gasteiger partial charge in [-0.15, -0.1) is 0 Å². The number of sulfone groups is 1. The average molecular weight is 362 g/mol. The number of nitrogens with one attached hydrogen (secondary N) is 1. The highest BCUT2D eigenvalue weighted by molar-refractivity contribution is 7.90. The molecule has 3 fully saturated rings. The Kier molecular flexibility index (Phi) is 4.15. The fraction of sp³-hybridized carbons (Fsp3) is 0.632. The average Bonchev–Trinajstić information content (AvgIpc) is 2.85. The van der Waals surface area contributed by atoms with Crippen LogP contribution in [0.3, 0.4) is 0 Å². The zero-order chi connectivity index (χ0) is 17.7. The van der Waals surface area contributed by atoms with Gasteiger partial charge in [0.15, 0.2) is 9.84 Å². The van der Waals surface area contributed by atoms with E-state index in [4.69, 9.17) is 0 Å². The largest absolute Gasteiger partial charge is 0.340 e. The molecule has 0 unspecified atom stereocenters. The number of carbonyl (C=O) groups is 1. The molecule has 2 aliphatic heterocycles. The van der Waals surface area contributed by atoms with Crippen LogP contribution in [-0.2, 0) is 20.0 Å². The number of fused-ring (bicyclic) bond motifs is 2. The summed E-state index contributed by atoms with van der Waals surface area (Å²) < 4.78 is 23.4. The third kappa shape index (κ3) is 2.99. The summed E-state index contributed by atoms with van der Waals surface area (Å²) >= 11 is 0. The maximum Gasteiger partial charge on any atom is 0.233 e. The van der Waals surface area contributed by atoms with Gasteiger partial charge in [0.25, 0.3) is 0 Å². The summed E-state index contributed by atoms with van der Waals surface area (Å²) in [5.41, 5.74) is 0.526. The molecule has 136 valence electrons. The maximum atomic E-state index is 13.4. The topological polar surface area (TPSA) is 66.5 Å². The molecule has 5 nitrogen and oxygen atoms in total. The Morgan fingerprint density at radius 2 is 1.80 bits per heavy atom. The highest BCUT2D eigenvalue weighted by atomic mass is 32.2.